The van der Waals surface area contributed by atoms with Crippen LogP contribution in [0.3, 0.4) is 0 Å². The second-order valence-electron chi connectivity index (χ2n) is 2.32. The van der Waals surface area contributed by atoms with Gasteiger partial charge in [-0.05, 0) is 19.4 Å². The lowest BCUT2D eigenvalue weighted by atomic mass is 10.3. The molecule has 1 heterocycles. The molecule has 0 saturated carbocycles. The number of nitrogens with zero attached hydrogens (tertiary/aromatic N) is 2. The molecule has 0 spiro atoms. The van der Waals surface area contributed by atoms with E-state index < -0.39 is 10.2 Å². The van der Waals surface area contributed by atoms with E-state index in [-0.39, 0.29) is 12.4 Å². The summed E-state index contributed by atoms with van der Waals surface area (Å²) in [5.41, 5.74) is 1.47. The van der Waals surface area contributed by atoms with Crippen LogP contribution < -0.4 is 5.14 Å². The summed E-state index contributed by atoms with van der Waals surface area (Å²) in [6, 6.07) is 0. The Bertz CT molecular complexity index is 351. The number of rotatable bonds is 1. The van der Waals surface area contributed by atoms with Crippen molar-refractivity contribution in [1.82, 2.24) is 9.19 Å². The zero-order valence-corrected chi connectivity index (χ0v) is 8.32. The molecule has 0 fully saturated rings. The molecule has 70 valence electrons. The Labute approximate surface area is 77.2 Å². The predicted molar refractivity (Wildman–Crippen MR) is 47.5 cm³/mol. The fraction of sp³-hybridized carbons (Fsp3) is 0.400. The van der Waals surface area contributed by atoms with E-state index in [0.29, 0.717) is 5.69 Å². The number of hydrogen-bond acceptors (Lipinski definition) is 3. The maximum Gasteiger partial charge on any atom is 0.317 e. The summed E-state index contributed by atoms with van der Waals surface area (Å²) in [5, 5.41) is 8.50. The van der Waals surface area contributed by atoms with Crippen LogP contribution in [0.15, 0.2) is 6.20 Å². The van der Waals surface area contributed by atoms with Crippen molar-refractivity contribution in [3.8, 4) is 0 Å². The molecule has 1 aromatic heterocycles. The maximum absolute atomic E-state index is 10.7. The number of aromatic nitrogens is 2. The zero-order valence-electron chi connectivity index (χ0n) is 6.68. The second-order valence-corrected chi connectivity index (χ2v) is 3.72. The minimum absolute atomic E-state index is 0. The first-order valence-electron chi connectivity index (χ1n) is 2.97. The third kappa shape index (κ3) is 2.20. The molecule has 12 heavy (non-hydrogen) atoms. The Kier molecular flexibility index (Phi) is 3.25. The highest BCUT2D eigenvalue weighted by molar-refractivity contribution is 7.87. The average molecular weight is 212 g/mol. The molecule has 0 bridgehead atoms. The van der Waals surface area contributed by atoms with E-state index in [2.05, 4.69) is 5.10 Å². The van der Waals surface area contributed by atoms with Crippen LogP contribution in [0.2, 0.25) is 0 Å². The molecular formula is C5H10ClN3O2S. The van der Waals surface area contributed by atoms with Crippen LogP contribution >= 0.6 is 12.4 Å². The zero-order chi connectivity index (χ0) is 8.65. The molecule has 7 heteroatoms. The van der Waals surface area contributed by atoms with Crippen LogP contribution in [-0.2, 0) is 10.2 Å². The smallest absolute Gasteiger partial charge is 0.210 e. The van der Waals surface area contributed by atoms with Crippen LogP contribution in [0.1, 0.15) is 11.3 Å². The van der Waals surface area contributed by atoms with Crippen molar-refractivity contribution in [2.24, 2.45) is 5.14 Å². The first kappa shape index (κ1) is 11.4. The van der Waals surface area contributed by atoms with Gasteiger partial charge in [0.2, 0.25) is 0 Å². The minimum atomic E-state index is -3.70. The molecule has 0 radical (unpaired) electrons. The summed E-state index contributed by atoms with van der Waals surface area (Å²) in [7, 11) is -3.70. The Morgan fingerprint density at radius 3 is 2.17 bits per heavy atom. The summed E-state index contributed by atoms with van der Waals surface area (Å²) in [6.07, 6.45) is 1.38. The molecule has 0 aliphatic rings. The number of hydrogen-bond donors (Lipinski definition) is 1. The van der Waals surface area contributed by atoms with Crippen molar-refractivity contribution in [2.75, 3.05) is 0 Å². The maximum atomic E-state index is 10.7. The fourth-order valence-electron chi connectivity index (χ4n) is 0.645. The Morgan fingerprint density at radius 1 is 1.50 bits per heavy atom. The van der Waals surface area contributed by atoms with Crippen LogP contribution in [0.5, 0.6) is 0 Å². The molecule has 1 aromatic rings. The van der Waals surface area contributed by atoms with E-state index in [0.717, 1.165) is 9.65 Å². The molecule has 0 amide bonds. The van der Waals surface area contributed by atoms with Crippen LogP contribution in [0, 0.1) is 13.8 Å². The SMILES string of the molecule is Cc1cn(S(N)(=O)=O)nc1C.Cl. The summed E-state index contributed by atoms with van der Waals surface area (Å²) in [4.78, 5) is 0. The number of halogens is 1. The Morgan fingerprint density at radius 2 is 2.00 bits per heavy atom. The highest BCUT2D eigenvalue weighted by Gasteiger charge is 2.08. The first-order valence-corrected chi connectivity index (χ1v) is 4.48. The van der Waals surface area contributed by atoms with E-state index in [1.807, 2.05) is 0 Å². The van der Waals surface area contributed by atoms with Gasteiger partial charge >= 0.3 is 10.2 Å². The molecule has 0 aromatic carbocycles. The third-order valence-corrected chi connectivity index (χ3v) is 2.09. The number of aryl methyl sites for hydroxylation is 2. The van der Waals surface area contributed by atoms with Gasteiger partial charge in [-0.15, -0.1) is 12.4 Å². The van der Waals surface area contributed by atoms with Crippen molar-refractivity contribution >= 4 is 22.6 Å². The minimum Gasteiger partial charge on any atom is -0.210 e. The molecule has 2 N–H and O–H groups in total. The van der Waals surface area contributed by atoms with E-state index in [4.69, 9.17) is 5.14 Å². The largest absolute Gasteiger partial charge is 0.317 e. The molecule has 1 rings (SSSR count). The highest BCUT2D eigenvalue weighted by atomic mass is 35.5. The lowest BCUT2D eigenvalue weighted by Gasteiger charge is -1.93. The Hall–Kier alpha value is -0.590. The van der Waals surface area contributed by atoms with Gasteiger partial charge in [0.25, 0.3) is 0 Å². The lowest BCUT2D eigenvalue weighted by Crippen LogP contribution is -2.22. The summed E-state index contributed by atoms with van der Waals surface area (Å²) >= 11 is 0. The van der Waals surface area contributed by atoms with Crippen LogP contribution in [-0.4, -0.2) is 17.6 Å². The molecule has 5 nitrogen and oxygen atoms in total. The van der Waals surface area contributed by atoms with Crippen LogP contribution in [0.25, 0.3) is 0 Å². The molecule has 0 aliphatic heterocycles. The van der Waals surface area contributed by atoms with Crippen molar-refractivity contribution in [3.63, 3.8) is 0 Å². The van der Waals surface area contributed by atoms with Crippen molar-refractivity contribution in [3.05, 3.63) is 17.5 Å². The van der Waals surface area contributed by atoms with Gasteiger partial charge in [0.1, 0.15) is 0 Å². The lowest BCUT2D eigenvalue weighted by molar-refractivity contribution is 0.581. The third-order valence-electron chi connectivity index (χ3n) is 1.38. The molecule has 0 saturated heterocycles. The number of nitrogens with two attached hydrogens (primary N) is 1. The van der Waals surface area contributed by atoms with Crippen molar-refractivity contribution in [2.45, 2.75) is 13.8 Å². The molecule has 0 unspecified atom stereocenters. The van der Waals surface area contributed by atoms with Gasteiger partial charge in [-0.1, -0.05) is 0 Å². The van der Waals surface area contributed by atoms with Crippen molar-refractivity contribution < 1.29 is 8.42 Å². The van der Waals surface area contributed by atoms with E-state index >= 15 is 0 Å². The monoisotopic (exact) mass is 211 g/mol. The van der Waals surface area contributed by atoms with Gasteiger partial charge in [0.05, 0.1) is 5.69 Å². The quantitative estimate of drug-likeness (QED) is 0.709. The van der Waals surface area contributed by atoms with Gasteiger partial charge in [0.15, 0.2) is 0 Å². The normalized spacial score (nSPS) is 10.9. The molecule has 0 atom stereocenters. The van der Waals surface area contributed by atoms with E-state index in [1.54, 1.807) is 13.8 Å². The van der Waals surface area contributed by atoms with E-state index in [1.165, 1.54) is 6.20 Å². The van der Waals surface area contributed by atoms with Crippen LogP contribution in [0.4, 0.5) is 0 Å². The van der Waals surface area contributed by atoms with Gasteiger partial charge < -0.3 is 0 Å². The van der Waals surface area contributed by atoms with Gasteiger partial charge in [0, 0.05) is 6.20 Å². The topological polar surface area (TPSA) is 78.0 Å². The summed E-state index contributed by atoms with van der Waals surface area (Å²) in [5.74, 6) is 0. The van der Waals surface area contributed by atoms with E-state index in [9.17, 15) is 8.42 Å². The average Bonchev–Trinajstić information content (AvgIpc) is 2.11. The van der Waals surface area contributed by atoms with Gasteiger partial charge in [-0.3, -0.25) is 0 Å². The first-order chi connectivity index (χ1) is 4.91. The summed E-state index contributed by atoms with van der Waals surface area (Å²) in [6.45, 7) is 3.49. The molecular weight excluding hydrogens is 202 g/mol. The second kappa shape index (κ2) is 3.42. The Balaban J connectivity index is 0.00000121. The molecule has 0 aliphatic carbocycles. The van der Waals surface area contributed by atoms with Gasteiger partial charge in [-0.25, -0.2) is 5.14 Å². The van der Waals surface area contributed by atoms with Gasteiger partial charge in [-0.2, -0.15) is 17.6 Å². The fourth-order valence-corrected chi connectivity index (χ4v) is 1.19. The standard InChI is InChI=1S/C5H9N3O2S.ClH/c1-4-3-8(7-5(4)2)11(6,9)10;/h3H,1-2H3,(H2,6,9,10);1H. The summed E-state index contributed by atoms with van der Waals surface area (Å²) < 4.78 is 22.1. The van der Waals surface area contributed by atoms with Crippen molar-refractivity contribution in [1.29, 1.82) is 0 Å². The highest BCUT2D eigenvalue weighted by Crippen LogP contribution is 2.02. The predicted octanol–water partition coefficient (Wildman–Crippen LogP) is -0.0267.